The van der Waals surface area contributed by atoms with E-state index in [9.17, 15) is 9.59 Å². The summed E-state index contributed by atoms with van der Waals surface area (Å²) in [5.41, 5.74) is 0.429. The number of amides is 1. The first-order valence-electron chi connectivity index (χ1n) is 8.51. The predicted molar refractivity (Wildman–Crippen MR) is 93.8 cm³/mol. The first kappa shape index (κ1) is 20.6. The van der Waals surface area contributed by atoms with E-state index in [2.05, 4.69) is 5.32 Å². The minimum atomic E-state index is -0.797. The van der Waals surface area contributed by atoms with Crippen LogP contribution >= 0.6 is 0 Å². The third-order valence-corrected chi connectivity index (χ3v) is 3.44. The lowest BCUT2D eigenvalue weighted by molar-refractivity contribution is -0.137. The molecule has 0 spiro atoms. The van der Waals surface area contributed by atoms with Crippen LogP contribution in [0, 0.1) is 0 Å². The van der Waals surface area contributed by atoms with Gasteiger partial charge in [-0.05, 0) is 38.8 Å². The SMILES string of the molecule is CCOc1cc(C(=O)NCCCCCC(=O)O)cc(OCC)c1OC. The molecule has 0 fully saturated rings. The molecule has 0 saturated heterocycles. The molecule has 7 heteroatoms. The molecular weight excluding hydrogens is 326 g/mol. The standard InChI is InChI=1S/C18H27NO6/c1-4-24-14-11-13(12-15(25-5-2)17(14)23-3)18(22)19-10-8-6-7-9-16(20)21/h11-12H,4-10H2,1-3H3,(H,19,22)(H,20,21). The van der Waals surface area contributed by atoms with Crippen LogP contribution in [0.4, 0.5) is 0 Å². The van der Waals surface area contributed by atoms with Gasteiger partial charge in [0.25, 0.3) is 5.91 Å². The van der Waals surface area contributed by atoms with Gasteiger partial charge >= 0.3 is 5.97 Å². The number of methoxy groups -OCH3 is 1. The van der Waals surface area contributed by atoms with Crippen LogP contribution in [0.25, 0.3) is 0 Å². The zero-order chi connectivity index (χ0) is 18.7. The number of carbonyl (C=O) groups excluding carboxylic acids is 1. The maximum atomic E-state index is 12.3. The molecule has 2 N–H and O–H groups in total. The quantitative estimate of drug-likeness (QED) is 0.561. The van der Waals surface area contributed by atoms with Gasteiger partial charge in [0.05, 0.1) is 20.3 Å². The zero-order valence-electron chi connectivity index (χ0n) is 15.1. The number of carboxylic acids is 1. The fourth-order valence-corrected chi connectivity index (χ4v) is 2.32. The molecule has 1 amide bonds. The molecule has 0 heterocycles. The van der Waals surface area contributed by atoms with E-state index in [1.165, 1.54) is 7.11 Å². The molecule has 25 heavy (non-hydrogen) atoms. The van der Waals surface area contributed by atoms with E-state index in [-0.39, 0.29) is 12.3 Å². The highest BCUT2D eigenvalue weighted by Gasteiger charge is 2.17. The number of aliphatic carboxylic acids is 1. The van der Waals surface area contributed by atoms with Crippen LogP contribution in [-0.4, -0.2) is 43.9 Å². The Kier molecular flexibility index (Phi) is 9.21. The van der Waals surface area contributed by atoms with Gasteiger partial charge in [-0.2, -0.15) is 0 Å². The maximum absolute atomic E-state index is 12.3. The van der Waals surface area contributed by atoms with Crippen molar-refractivity contribution in [1.82, 2.24) is 5.32 Å². The summed E-state index contributed by atoms with van der Waals surface area (Å²) in [6.45, 7) is 5.07. The zero-order valence-corrected chi connectivity index (χ0v) is 15.1. The molecule has 140 valence electrons. The van der Waals surface area contributed by atoms with E-state index >= 15 is 0 Å². The van der Waals surface area contributed by atoms with Gasteiger partial charge < -0.3 is 24.6 Å². The monoisotopic (exact) mass is 353 g/mol. The summed E-state index contributed by atoms with van der Waals surface area (Å²) in [4.78, 5) is 22.8. The van der Waals surface area contributed by atoms with Crippen molar-refractivity contribution in [3.8, 4) is 17.2 Å². The van der Waals surface area contributed by atoms with Gasteiger partial charge in [0.15, 0.2) is 11.5 Å². The molecule has 0 aliphatic rings. The van der Waals surface area contributed by atoms with Gasteiger partial charge in [-0.1, -0.05) is 6.42 Å². The third kappa shape index (κ3) is 6.91. The summed E-state index contributed by atoms with van der Waals surface area (Å²) in [6.07, 6.45) is 2.24. The summed E-state index contributed by atoms with van der Waals surface area (Å²) in [5.74, 6) is 0.357. The van der Waals surface area contributed by atoms with Crippen molar-refractivity contribution in [3.05, 3.63) is 17.7 Å². The van der Waals surface area contributed by atoms with E-state index in [4.69, 9.17) is 19.3 Å². The lowest BCUT2D eigenvalue weighted by atomic mass is 10.1. The second kappa shape index (κ2) is 11.2. The highest BCUT2D eigenvalue weighted by atomic mass is 16.5. The van der Waals surface area contributed by atoms with Crippen molar-refractivity contribution >= 4 is 11.9 Å². The predicted octanol–water partition coefficient (Wildman–Crippen LogP) is 2.87. The summed E-state index contributed by atoms with van der Waals surface area (Å²) >= 11 is 0. The highest BCUT2D eigenvalue weighted by Crippen LogP contribution is 2.38. The van der Waals surface area contributed by atoms with Crippen molar-refractivity contribution in [1.29, 1.82) is 0 Å². The van der Waals surface area contributed by atoms with Crippen LogP contribution in [0.1, 0.15) is 49.9 Å². The number of unbranched alkanes of at least 4 members (excludes halogenated alkanes) is 2. The van der Waals surface area contributed by atoms with Crippen LogP contribution < -0.4 is 19.5 Å². The number of rotatable bonds is 12. The molecule has 0 aliphatic heterocycles. The molecule has 0 radical (unpaired) electrons. The Labute approximate surface area is 148 Å². The minimum Gasteiger partial charge on any atom is -0.490 e. The average molecular weight is 353 g/mol. The van der Waals surface area contributed by atoms with E-state index in [0.717, 1.165) is 12.8 Å². The van der Waals surface area contributed by atoms with Crippen molar-refractivity contribution in [2.24, 2.45) is 0 Å². The van der Waals surface area contributed by atoms with E-state index in [1.807, 2.05) is 13.8 Å². The maximum Gasteiger partial charge on any atom is 0.303 e. The van der Waals surface area contributed by atoms with Crippen molar-refractivity contribution in [3.63, 3.8) is 0 Å². The Balaban J connectivity index is 2.71. The van der Waals surface area contributed by atoms with Gasteiger partial charge in [0, 0.05) is 18.5 Å². The smallest absolute Gasteiger partial charge is 0.303 e. The first-order valence-corrected chi connectivity index (χ1v) is 8.51. The molecule has 1 aromatic carbocycles. The lowest BCUT2D eigenvalue weighted by Gasteiger charge is -2.16. The topological polar surface area (TPSA) is 94.1 Å². The Morgan fingerprint density at radius 3 is 2.12 bits per heavy atom. The Morgan fingerprint density at radius 1 is 1.04 bits per heavy atom. The second-order valence-electron chi connectivity index (χ2n) is 5.33. The number of hydrogen-bond acceptors (Lipinski definition) is 5. The Hall–Kier alpha value is -2.44. The highest BCUT2D eigenvalue weighted by molar-refractivity contribution is 5.95. The van der Waals surface area contributed by atoms with E-state index in [0.29, 0.717) is 49.0 Å². The summed E-state index contributed by atoms with van der Waals surface area (Å²) in [7, 11) is 1.53. The number of nitrogens with one attached hydrogen (secondary N) is 1. The molecule has 7 nitrogen and oxygen atoms in total. The second-order valence-corrected chi connectivity index (χ2v) is 5.33. The fourth-order valence-electron chi connectivity index (χ4n) is 2.32. The van der Waals surface area contributed by atoms with Gasteiger partial charge in [-0.15, -0.1) is 0 Å². The average Bonchev–Trinajstić information content (AvgIpc) is 2.58. The molecule has 0 bridgehead atoms. The Morgan fingerprint density at radius 2 is 1.64 bits per heavy atom. The normalized spacial score (nSPS) is 10.2. The van der Waals surface area contributed by atoms with Crippen molar-refractivity contribution in [2.75, 3.05) is 26.9 Å². The first-order chi connectivity index (χ1) is 12.0. The largest absolute Gasteiger partial charge is 0.490 e. The molecule has 0 saturated carbocycles. The van der Waals surface area contributed by atoms with Crippen LogP contribution in [0.2, 0.25) is 0 Å². The molecule has 0 aromatic heterocycles. The number of carbonyl (C=O) groups is 2. The van der Waals surface area contributed by atoms with Crippen LogP contribution in [0.5, 0.6) is 17.2 Å². The van der Waals surface area contributed by atoms with E-state index < -0.39 is 5.97 Å². The van der Waals surface area contributed by atoms with Gasteiger partial charge in [-0.25, -0.2) is 0 Å². The number of carboxylic acid groups (broad SMARTS) is 1. The van der Waals surface area contributed by atoms with Gasteiger partial charge in [-0.3, -0.25) is 9.59 Å². The van der Waals surface area contributed by atoms with Crippen LogP contribution in [0.3, 0.4) is 0 Å². The molecule has 1 rings (SSSR count). The summed E-state index contributed by atoms with van der Waals surface area (Å²) < 4.78 is 16.4. The molecule has 1 aromatic rings. The number of ether oxygens (including phenoxy) is 3. The lowest BCUT2D eigenvalue weighted by Crippen LogP contribution is -2.24. The van der Waals surface area contributed by atoms with Gasteiger partial charge in [0.1, 0.15) is 0 Å². The minimum absolute atomic E-state index is 0.155. The molecule has 0 atom stereocenters. The number of hydrogen-bond donors (Lipinski definition) is 2. The summed E-state index contributed by atoms with van der Waals surface area (Å²) in [6, 6.07) is 3.26. The summed E-state index contributed by atoms with van der Waals surface area (Å²) in [5, 5.41) is 11.4. The molecule has 0 aliphatic carbocycles. The molecular formula is C18H27NO6. The van der Waals surface area contributed by atoms with Crippen molar-refractivity contribution in [2.45, 2.75) is 39.5 Å². The van der Waals surface area contributed by atoms with Gasteiger partial charge in [0.2, 0.25) is 5.75 Å². The van der Waals surface area contributed by atoms with E-state index in [1.54, 1.807) is 12.1 Å². The fraction of sp³-hybridized carbons (Fsp3) is 0.556. The van der Waals surface area contributed by atoms with Crippen molar-refractivity contribution < 1.29 is 28.9 Å². The Bertz CT molecular complexity index is 546. The third-order valence-electron chi connectivity index (χ3n) is 3.44. The number of benzene rings is 1. The van der Waals surface area contributed by atoms with Crippen LogP contribution in [-0.2, 0) is 4.79 Å². The molecule has 0 unspecified atom stereocenters. The van der Waals surface area contributed by atoms with Crippen LogP contribution in [0.15, 0.2) is 12.1 Å².